The van der Waals surface area contributed by atoms with E-state index in [4.69, 9.17) is 5.73 Å². The third-order valence-electron chi connectivity index (χ3n) is 2.55. The summed E-state index contributed by atoms with van der Waals surface area (Å²) in [5.74, 6) is 0.210. The summed E-state index contributed by atoms with van der Waals surface area (Å²) in [4.78, 5) is 13.2. The maximum atomic E-state index is 11.6. The van der Waals surface area contributed by atoms with Gasteiger partial charge in [-0.2, -0.15) is 0 Å². The molecule has 88 valence electrons. The molecule has 0 aliphatic rings. The zero-order valence-corrected chi connectivity index (χ0v) is 11.2. The highest BCUT2D eigenvalue weighted by atomic mass is 79.9. The number of rotatable bonds is 4. The van der Waals surface area contributed by atoms with Gasteiger partial charge in [-0.15, -0.1) is 0 Å². The van der Waals surface area contributed by atoms with Crippen LogP contribution in [0.15, 0.2) is 28.7 Å². The Morgan fingerprint density at radius 3 is 2.38 bits per heavy atom. The standard InChI is InChI=1S/C12H17BrN2O/c1-15(2)12(16)7-10(8-14)9-3-5-11(13)6-4-9/h3-6,10H,7-8,14H2,1-2H3. The van der Waals surface area contributed by atoms with Gasteiger partial charge in [0.05, 0.1) is 0 Å². The van der Waals surface area contributed by atoms with E-state index in [0.717, 1.165) is 10.0 Å². The molecule has 16 heavy (non-hydrogen) atoms. The first-order chi connectivity index (χ1) is 7.54. The number of halogens is 1. The minimum Gasteiger partial charge on any atom is -0.349 e. The van der Waals surface area contributed by atoms with E-state index in [1.807, 2.05) is 24.3 Å². The minimum absolute atomic E-state index is 0.1000. The predicted molar refractivity (Wildman–Crippen MR) is 69.2 cm³/mol. The number of hydrogen-bond donors (Lipinski definition) is 1. The fraction of sp³-hybridized carbons (Fsp3) is 0.417. The molecule has 0 aliphatic heterocycles. The van der Waals surface area contributed by atoms with Crippen LogP contribution in [0.5, 0.6) is 0 Å². The van der Waals surface area contributed by atoms with E-state index in [1.165, 1.54) is 0 Å². The zero-order chi connectivity index (χ0) is 12.1. The zero-order valence-electron chi connectivity index (χ0n) is 9.61. The lowest BCUT2D eigenvalue weighted by Gasteiger charge is -2.17. The molecule has 1 aromatic carbocycles. The molecular weight excluding hydrogens is 268 g/mol. The van der Waals surface area contributed by atoms with Gasteiger partial charge in [-0.25, -0.2) is 0 Å². The van der Waals surface area contributed by atoms with Crippen LogP contribution in [0.2, 0.25) is 0 Å². The monoisotopic (exact) mass is 284 g/mol. The summed E-state index contributed by atoms with van der Waals surface area (Å²) < 4.78 is 1.03. The summed E-state index contributed by atoms with van der Waals surface area (Å²) in [6.45, 7) is 0.487. The lowest BCUT2D eigenvalue weighted by molar-refractivity contribution is -0.129. The van der Waals surface area contributed by atoms with Gasteiger partial charge in [0.15, 0.2) is 0 Å². The molecule has 4 heteroatoms. The van der Waals surface area contributed by atoms with E-state index in [1.54, 1.807) is 19.0 Å². The molecule has 0 spiro atoms. The summed E-state index contributed by atoms with van der Waals surface area (Å²) in [6.07, 6.45) is 0.463. The Balaban J connectivity index is 2.74. The van der Waals surface area contributed by atoms with Crippen LogP contribution in [0.1, 0.15) is 17.9 Å². The molecule has 1 aromatic rings. The minimum atomic E-state index is 0.1000. The smallest absolute Gasteiger partial charge is 0.222 e. The van der Waals surface area contributed by atoms with Crippen molar-refractivity contribution in [1.29, 1.82) is 0 Å². The average Bonchev–Trinajstić information content (AvgIpc) is 2.26. The third kappa shape index (κ3) is 3.61. The Bertz CT molecular complexity index is 349. The highest BCUT2D eigenvalue weighted by Crippen LogP contribution is 2.21. The number of nitrogens with two attached hydrogens (primary N) is 1. The fourth-order valence-corrected chi connectivity index (χ4v) is 1.73. The molecule has 0 bridgehead atoms. The highest BCUT2D eigenvalue weighted by molar-refractivity contribution is 9.10. The van der Waals surface area contributed by atoms with E-state index in [2.05, 4.69) is 15.9 Å². The van der Waals surface area contributed by atoms with Crippen molar-refractivity contribution in [3.63, 3.8) is 0 Å². The Hall–Kier alpha value is -0.870. The second kappa shape index (κ2) is 6.01. The first-order valence-electron chi connectivity index (χ1n) is 5.20. The Morgan fingerprint density at radius 1 is 1.38 bits per heavy atom. The summed E-state index contributed by atoms with van der Waals surface area (Å²) >= 11 is 3.38. The van der Waals surface area contributed by atoms with Crippen LogP contribution in [0.3, 0.4) is 0 Å². The van der Waals surface area contributed by atoms with Crippen molar-refractivity contribution < 1.29 is 4.79 Å². The molecule has 0 aliphatic carbocycles. The largest absolute Gasteiger partial charge is 0.349 e. The van der Waals surface area contributed by atoms with Gasteiger partial charge >= 0.3 is 0 Å². The first-order valence-corrected chi connectivity index (χ1v) is 5.99. The SMILES string of the molecule is CN(C)C(=O)CC(CN)c1ccc(Br)cc1. The van der Waals surface area contributed by atoms with Crippen molar-refractivity contribution in [3.8, 4) is 0 Å². The van der Waals surface area contributed by atoms with E-state index in [-0.39, 0.29) is 11.8 Å². The lowest BCUT2D eigenvalue weighted by atomic mass is 9.95. The van der Waals surface area contributed by atoms with Crippen molar-refractivity contribution in [2.75, 3.05) is 20.6 Å². The molecule has 2 N–H and O–H groups in total. The molecule has 0 fully saturated rings. The van der Waals surface area contributed by atoms with Crippen LogP contribution in [-0.4, -0.2) is 31.4 Å². The molecule has 1 unspecified atom stereocenters. The second-order valence-electron chi connectivity index (χ2n) is 3.98. The van der Waals surface area contributed by atoms with Crippen LogP contribution in [0, 0.1) is 0 Å². The highest BCUT2D eigenvalue weighted by Gasteiger charge is 2.15. The predicted octanol–water partition coefficient (Wildman–Crippen LogP) is 1.97. The van der Waals surface area contributed by atoms with Crippen molar-refractivity contribution in [2.45, 2.75) is 12.3 Å². The van der Waals surface area contributed by atoms with E-state index in [9.17, 15) is 4.79 Å². The van der Waals surface area contributed by atoms with Crippen LogP contribution in [-0.2, 0) is 4.79 Å². The molecule has 1 amide bonds. The molecule has 0 radical (unpaired) electrons. The van der Waals surface area contributed by atoms with Gasteiger partial charge in [-0.1, -0.05) is 28.1 Å². The number of carbonyl (C=O) groups is 1. The van der Waals surface area contributed by atoms with Crippen molar-refractivity contribution in [3.05, 3.63) is 34.3 Å². The summed E-state index contributed by atoms with van der Waals surface area (Å²) in [7, 11) is 3.52. The van der Waals surface area contributed by atoms with E-state index < -0.39 is 0 Å². The molecule has 0 heterocycles. The van der Waals surface area contributed by atoms with Crippen LogP contribution >= 0.6 is 15.9 Å². The van der Waals surface area contributed by atoms with Crippen LogP contribution < -0.4 is 5.73 Å². The van der Waals surface area contributed by atoms with E-state index in [0.29, 0.717) is 13.0 Å². The number of hydrogen-bond acceptors (Lipinski definition) is 2. The number of nitrogens with zero attached hydrogens (tertiary/aromatic N) is 1. The lowest BCUT2D eigenvalue weighted by Crippen LogP contribution is -2.26. The molecule has 1 rings (SSSR count). The summed E-state index contributed by atoms with van der Waals surface area (Å²) in [6, 6.07) is 7.95. The maximum absolute atomic E-state index is 11.6. The quantitative estimate of drug-likeness (QED) is 0.919. The van der Waals surface area contributed by atoms with Gasteiger partial charge in [-0.3, -0.25) is 4.79 Å². The second-order valence-corrected chi connectivity index (χ2v) is 4.89. The van der Waals surface area contributed by atoms with Gasteiger partial charge < -0.3 is 10.6 Å². The van der Waals surface area contributed by atoms with Crippen molar-refractivity contribution in [2.24, 2.45) is 5.73 Å². The van der Waals surface area contributed by atoms with Crippen LogP contribution in [0.25, 0.3) is 0 Å². The summed E-state index contributed by atoms with van der Waals surface area (Å²) in [5, 5.41) is 0. The van der Waals surface area contributed by atoms with Gasteiger partial charge in [0.1, 0.15) is 0 Å². The first kappa shape index (κ1) is 13.2. The van der Waals surface area contributed by atoms with Gasteiger partial charge in [0.25, 0.3) is 0 Å². The number of amides is 1. The fourth-order valence-electron chi connectivity index (χ4n) is 1.47. The molecule has 1 atom stereocenters. The Labute approximate surface area is 105 Å². The molecule has 0 saturated heterocycles. The number of carbonyl (C=O) groups excluding carboxylic acids is 1. The Morgan fingerprint density at radius 2 is 1.94 bits per heavy atom. The average molecular weight is 285 g/mol. The normalized spacial score (nSPS) is 12.2. The molecule has 0 saturated carbocycles. The van der Waals surface area contributed by atoms with Gasteiger partial charge in [0.2, 0.25) is 5.91 Å². The van der Waals surface area contributed by atoms with Crippen molar-refractivity contribution in [1.82, 2.24) is 4.90 Å². The van der Waals surface area contributed by atoms with Crippen LogP contribution in [0.4, 0.5) is 0 Å². The molecular formula is C12H17BrN2O. The summed E-state index contributed by atoms with van der Waals surface area (Å²) in [5.41, 5.74) is 6.82. The third-order valence-corrected chi connectivity index (χ3v) is 3.07. The molecule has 3 nitrogen and oxygen atoms in total. The van der Waals surface area contributed by atoms with Crippen molar-refractivity contribution >= 4 is 21.8 Å². The Kier molecular flexibility index (Phi) is 4.96. The topological polar surface area (TPSA) is 46.3 Å². The molecule has 0 aromatic heterocycles. The van der Waals surface area contributed by atoms with Gasteiger partial charge in [-0.05, 0) is 24.2 Å². The van der Waals surface area contributed by atoms with Gasteiger partial charge in [0, 0.05) is 30.9 Å². The number of benzene rings is 1. The maximum Gasteiger partial charge on any atom is 0.222 e. The van der Waals surface area contributed by atoms with E-state index >= 15 is 0 Å².